The van der Waals surface area contributed by atoms with Crippen molar-refractivity contribution in [3.63, 3.8) is 0 Å². The predicted molar refractivity (Wildman–Crippen MR) is 66.7 cm³/mol. The molecule has 1 heterocycles. The molecule has 20 heavy (non-hydrogen) atoms. The number of carboxylic acid groups (broad SMARTS) is 1. The van der Waals surface area contributed by atoms with Gasteiger partial charge in [0.25, 0.3) is 0 Å². The number of carbonyl (C=O) groups is 1. The van der Waals surface area contributed by atoms with Crippen molar-refractivity contribution >= 4 is 23.1 Å². The molecule has 1 aromatic carbocycles. The highest BCUT2D eigenvalue weighted by molar-refractivity contribution is 6.30. The lowest BCUT2D eigenvalue weighted by Crippen LogP contribution is -2.41. The van der Waals surface area contributed by atoms with Crippen LogP contribution in [0.3, 0.4) is 0 Å². The van der Waals surface area contributed by atoms with E-state index in [-0.39, 0.29) is 21.9 Å². The molecule has 0 amide bonds. The van der Waals surface area contributed by atoms with Gasteiger partial charge in [0, 0.05) is 10.6 Å². The first-order valence-corrected chi connectivity index (χ1v) is 5.76. The third-order valence-corrected chi connectivity index (χ3v) is 3.00. The van der Waals surface area contributed by atoms with Gasteiger partial charge in [-0.05, 0) is 23.8 Å². The molecule has 1 atom stereocenters. The summed E-state index contributed by atoms with van der Waals surface area (Å²) < 4.78 is 43.6. The third-order valence-electron chi connectivity index (χ3n) is 2.76. The smallest absolute Gasteiger partial charge is 0.430 e. The lowest BCUT2D eigenvalue weighted by Gasteiger charge is -2.29. The van der Waals surface area contributed by atoms with Gasteiger partial charge in [0.15, 0.2) is 0 Å². The van der Waals surface area contributed by atoms with Crippen molar-refractivity contribution in [1.29, 1.82) is 0 Å². The van der Waals surface area contributed by atoms with E-state index in [1.807, 2.05) is 0 Å². The summed E-state index contributed by atoms with van der Waals surface area (Å²) in [5.41, 5.74) is -0.878. The second-order valence-corrected chi connectivity index (χ2v) is 4.45. The van der Waals surface area contributed by atoms with Crippen LogP contribution in [-0.4, -0.2) is 23.4 Å². The Labute approximate surface area is 116 Å². The van der Waals surface area contributed by atoms with Gasteiger partial charge < -0.3 is 9.84 Å². The van der Waals surface area contributed by atoms with Gasteiger partial charge in [0.05, 0.1) is 5.57 Å². The molecule has 1 N–H and O–H groups in total. The van der Waals surface area contributed by atoms with E-state index in [9.17, 15) is 18.0 Å². The SMILES string of the molecule is C=CC1=C(C(=O)O)[C@@H](C(F)(F)F)Oc2ccc(Cl)cc21. The molecule has 1 aromatic rings. The van der Waals surface area contributed by atoms with Gasteiger partial charge in [-0.3, -0.25) is 0 Å². The van der Waals surface area contributed by atoms with E-state index < -0.39 is 23.8 Å². The number of carboxylic acids is 1. The summed E-state index contributed by atoms with van der Waals surface area (Å²) >= 11 is 5.77. The molecule has 3 nitrogen and oxygen atoms in total. The van der Waals surface area contributed by atoms with E-state index >= 15 is 0 Å². The summed E-state index contributed by atoms with van der Waals surface area (Å²) in [4.78, 5) is 11.2. The maximum Gasteiger partial charge on any atom is 0.430 e. The maximum atomic E-state index is 13.0. The Morgan fingerprint density at radius 2 is 2.10 bits per heavy atom. The number of allylic oxidation sites excluding steroid dienone is 2. The number of alkyl halides is 3. The minimum atomic E-state index is -4.85. The van der Waals surface area contributed by atoms with Gasteiger partial charge in [-0.15, -0.1) is 0 Å². The fraction of sp³-hybridized carbons (Fsp3) is 0.154. The van der Waals surface area contributed by atoms with E-state index in [1.165, 1.54) is 18.2 Å². The monoisotopic (exact) mass is 304 g/mol. The molecule has 0 aromatic heterocycles. The number of benzene rings is 1. The van der Waals surface area contributed by atoms with Crippen molar-refractivity contribution in [1.82, 2.24) is 0 Å². The summed E-state index contributed by atoms with van der Waals surface area (Å²) in [5, 5.41) is 9.30. The van der Waals surface area contributed by atoms with Crippen LogP contribution in [0.15, 0.2) is 36.4 Å². The van der Waals surface area contributed by atoms with Crippen molar-refractivity contribution < 1.29 is 27.8 Å². The van der Waals surface area contributed by atoms with Crippen LogP contribution >= 0.6 is 11.6 Å². The average Bonchev–Trinajstić information content (AvgIpc) is 2.35. The van der Waals surface area contributed by atoms with E-state index in [0.29, 0.717) is 0 Å². The fourth-order valence-corrected chi connectivity index (χ4v) is 2.14. The minimum Gasteiger partial charge on any atom is -0.478 e. The number of rotatable bonds is 2. The van der Waals surface area contributed by atoms with Crippen molar-refractivity contribution in [3.8, 4) is 5.75 Å². The van der Waals surface area contributed by atoms with Crippen LogP contribution in [0.25, 0.3) is 5.57 Å². The molecule has 0 saturated heterocycles. The number of ether oxygens (including phenoxy) is 1. The maximum absolute atomic E-state index is 13.0. The van der Waals surface area contributed by atoms with Crippen molar-refractivity contribution in [2.75, 3.05) is 0 Å². The Hall–Kier alpha value is -1.95. The molecule has 0 spiro atoms. The summed E-state index contributed by atoms with van der Waals surface area (Å²) in [7, 11) is 0. The highest BCUT2D eigenvalue weighted by atomic mass is 35.5. The number of aliphatic carboxylic acids is 1. The van der Waals surface area contributed by atoms with Crippen LogP contribution in [0.4, 0.5) is 13.2 Å². The van der Waals surface area contributed by atoms with Crippen molar-refractivity contribution in [2.45, 2.75) is 12.3 Å². The minimum absolute atomic E-state index is 0.0865. The Morgan fingerprint density at radius 3 is 2.60 bits per heavy atom. The van der Waals surface area contributed by atoms with Gasteiger partial charge in [-0.25, -0.2) is 4.79 Å². The van der Waals surface area contributed by atoms with Crippen LogP contribution in [-0.2, 0) is 4.79 Å². The van der Waals surface area contributed by atoms with Crippen LogP contribution in [0, 0.1) is 0 Å². The summed E-state index contributed by atoms with van der Waals surface area (Å²) in [6, 6.07) is 3.96. The molecule has 1 aliphatic rings. The van der Waals surface area contributed by atoms with Crippen LogP contribution < -0.4 is 4.74 Å². The normalized spacial score (nSPS) is 18.3. The number of hydrogen-bond donors (Lipinski definition) is 1. The largest absolute Gasteiger partial charge is 0.478 e. The molecule has 1 aliphatic heterocycles. The van der Waals surface area contributed by atoms with Gasteiger partial charge in [-0.2, -0.15) is 13.2 Å². The molecule has 0 saturated carbocycles. The molecule has 0 aliphatic carbocycles. The zero-order valence-corrected chi connectivity index (χ0v) is 10.6. The fourth-order valence-electron chi connectivity index (χ4n) is 1.97. The molecule has 7 heteroatoms. The first-order chi connectivity index (χ1) is 9.25. The topological polar surface area (TPSA) is 46.5 Å². The van der Waals surface area contributed by atoms with E-state index in [2.05, 4.69) is 6.58 Å². The molecular formula is C13H8ClF3O3. The van der Waals surface area contributed by atoms with Gasteiger partial charge in [-0.1, -0.05) is 24.3 Å². The Morgan fingerprint density at radius 1 is 1.45 bits per heavy atom. The van der Waals surface area contributed by atoms with E-state index in [4.69, 9.17) is 21.4 Å². The standard InChI is InChI=1S/C13H8ClF3O3/c1-2-7-8-5-6(14)3-4-9(8)20-11(13(15,16)17)10(7)12(18)19/h2-5,11H,1H2,(H,18,19)/t11-/m0/s1. The Kier molecular flexibility index (Phi) is 3.52. The van der Waals surface area contributed by atoms with Crippen molar-refractivity contribution in [3.05, 3.63) is 47.0 Å². The zero-order valence-electron chi connectivity index (χ0n) is 9.87. The molecule has 0 unspecified atom stereocenters. The lowest BCUT2D eigenvalue weighted by molar-refractivity contribution is -0.187. The molecule has 106 valence electrons. The quantitative estimate of drug-likeness (QED) is 0.906. The summed E-state index contributed by atoms with van der Waals surface area (Å²) in [6.45, 7) is 3.37. The van der Waals surface area contributed by atoms with E-state index in [1.54, 1.807) is 0 Å². The first-order valence-electron chi connectivity index (χ1n) is 5.39. The van der Waals surface area contributed by atoms with Crippen LogP contribution in [0.5, 0.6) is 5.75 Å². The highest BCUT2D eigenvalue weighted by Crippen LogP contribution is 2.42. The van der Waals surface area contributed by atoms with Gasteiger partial charge in [0.1, 0.15) is 5.75 Å². The summed E-state index contributed by atoms with van der Waals surface area (Å²) in [5.74, 6) is -1.80. The number of fused-ring (bicyclic) bond motifs is 1. The zero-order chi connectivity index (χ0) is 15.1. The Bertz CT molecular complexity index is 620. The van der Waals surface area contributed by atoms with E-state index in [0.717, 1.165) is 6.08 Å². The second kappa shape index (κ2) is 4.86. The molecule has 2 rings (SSSR count). The summed E-state index contributed by atoms with van der Waals surface area (Å²) in [6.07, 6.45) is -6.33. The van der Waals surface area contributed by atoms with Crippen molar-refractivity contribution in [2.24, 2.45) is 0 Å². The number of halogens is 4. The lowest BCUT2D eigenvalue weighted by atomic mass is 9.92. The van der Waals surface area contributed by atoms with Crippen LogP contribution in [0.2, 0.25) is 5.02 Å². The average molecular weight is 305 g/mol. The number of hydrogen-bond acceptors (Lipinski definition) is 2. The predicted octanol–water partition coefficient (Wildman–Crippen LogP) is 3.69. The van der Waals surface area contributed by atoms with Crippen LogP contribution in [0.1, 0.15) is 5.56 Å². The molecular weight excluding hydrogens is 297 g/mol. The first kappa shape index (κ1) is 14.5. The molecule has 0 bridgehead atoms. The van der Waals surface area contributed by atoms with Gasteiger partial charge in [0.2, 0.25) is 6.10 Å². The molecule has 0 fully saturated rings. The Balaban J connectivity index is 2.74. The highest BCUT2D eigenvalue weighted by Gasteiger charge is 2.50. The van der Waals surface area contributed by atoms with Gasteiger partial charge >= 0.3 is 12.1 Å². The second-order valence-electron chi connectivity index (χ2n) is 4.02. The third kappa shape index (κ3) is 2.38. The molecule has 0 radical (unpaired) electrons.